The van der Waals surface area contributed by atoms with Gasteiger partial charge in [-0.1, -0.05) is 26.0 Å². The van der Waals surface area contributed by atoms with Crippen LogP contribution in [0.5, 0.6) is 0 Å². The van der Waals surface area contributed by atoms with Crippen LogP contribution in [0.25, 0.3) is 0 Å². The Morgan fingerprint density at radius 1 is 1.21 bits per heavy atom. The Hall–Kier alpha value is -1.68. The number of benzene rings is 1. The van der Waals surface area contributed by atoms with Crippen LogP contribution in [0.1, 0.15) is 37.4 Å². The Kier molecular flexibility index (Phi) is 7.15. The van der Waals surface area contributed by atoms with Gasteiger partial charge in [-0.05, 0) is 30.0 Å². The molecule has 2 aliphatic rings. The van der Waals surface area contributed by atoms with Crippen LogP contribution in [0.2, 0.25) is 0 Å². The molecule has 3 atom stereocenters. The molecule has 0 saturated carbocycles. The molecule has 2 aliphatic heterocycles. The van der Waals surface area contributed by atoms with E-state index in [1.165, 1.54) is 12.1 Å². The van der Waals surface area contributed by atoms with Crippen LogP contribution >= 0.6 is 0 Å². The van der Waals surface area contributed by atoms with Gasteiger partial charge < -0.3 is 10.1 Å². The minimum atomic E-state index is -4.37. The normalized spacial score (nSPS) is 24.6. The molecule has 29 heavy (non-hydrogen) atoms. The van der Waals surface area contributed by atoms with Gasteiger partial charge in [-0.2, -0.15) is 13.2 Å². The number of ether oxygens (including phenoxy) is 1. The Morgan fingerprint density at radius 2 is 1.86 bits per heavy atom. The molecular weight excluding hydrogens is 385 g/mol. The molecule has 0 radical (unpaired) electrons. The fourth-order valence-corrected chi connectivity index (χ4v) is 3.75. The number of hydrogen-bond donors (Lipinski definition) is 3. The van der Waals surface area contributed by atoms with E-state index in [9.17, 15) is 18.0 Å². The lowest BCUT2D eigenvalue weighted by molar-refractivity contribution is -0.137. The first-order chi connectivity index (χ1) is 13.8. The van der Waals surface area contributed by atoms with E-state index in [1.807, 2.05) is 0 Å². The van der Waals surface area contributed by atoms with Crippen LogP contribution in [-0.4, -0.2) is 55.7 Å². The molecule has 0 aromatic heterocycles. The van der Waals surface area contributed by atoms with Crippen LogP contribution < -0.4 is 16.2 Å². The molecule has 162 valence electrons. The minimum Gasteiger partial charge on any atom is -0.379 e. The van der Waals surface area contributed by atoms with Crippen molar-refractivity contribution < 1.29 is 22.7 Å². The number of amides is 1. The van der Waals surface area contributed by atoms with Crippen molar-refractivity contribution in [1.82, 2.24) is 21.1 Å². The summed E-state index contributed by atoms with van der Waals surface area (Å²) in [7, 11) is 0. The number of carbonyl (C=O) groups is 1. The summed E-state index contributed by atoms with van der Waals surface area (Å²) in [5.74, 6) is 0.305. The van der Waals surface area contributed by atoms with E-state index in [0.717, 1.165) is 17.7 Å². The topological polar surface area (TPSA) is 65.6 Å². The third kappa shape index (κ3) is 5.69. The molecule has 1 aromatic rings. The van der Waals surface area contributed by atoms with Crippen LogP contribution in [0.15, 0.2) is 24.3 Å². The average molecular weight is 414 g/mol. The largest absolute Gasteiger partial charge is 0.416 e. The molecule has 3 rings (SSSR count). The quantitative estimate of drug-likeness (QED) is 0.665. The Morgan fingerprint density at radius 3 is 2.41 bits per heavy atom. The van der Waals surface area contributed by atoms with Crippen molar-refractivity contribution in [3.8, 4) is 0 Å². The summed E-state index contributed by atoms with van der Waals surface area (Å²) >= 11 is 0. The highest BCUT2D eigenvalue weighted by atomic mass is 19.4. The van der Waals surface area contributed by atoms with Gasteiger partial charge in [0.05, 0.1) is 24.8 Å². The SMILES string of the molecule is CC(C)C1CC(C(=O)NCC(c2ccc(C(F)(F)F)cc2)N2CCOCC2)NN1. The monoisotopic (exact) mass is 414 g/mol. The summed E-state index contributed by atoms with van der Waals surface area (Å²) in [6, 6.07) is 4.90. The maximum Gasteiger partial charge on any atom is 0.416 e. The van der Waals surface area contributed by atoms with Gasteiger partial charge in [0, 0.05) is 25.7 Å². The van der Waals surface area contributed by atoms with E-state index >= 15 is 0 Å². The molecule has 2 fully saturated rings. The van der Waals surface area contributed by atoms with Crippen LogP contribution in [0.4, 0.5) is 13.2 Å². The van der Waals surface area contributed by atoms with Crippen molar-refractivity contribution in [3.63, 3.8) is 0 Å². The average Bonchev–Trinajstić information content (AvgIpc) is 3.19. The molecule has 3 N–H and O–H groups in total. The van der Waals surface area contributed by atoms with Crippen molar-refractivity contribution in [2.75, 3.05) is 32.8 Å². The number of halogens is 3. The third-order valence-corrected chi connectivity index (χ3v) is 5.63. The van der Waals surface area contributed by atoms with Gasteiger partial charge in [-0.15, -0.1) is 0 Å². The van der Waals surface area contributed by atoms with Gasteiger partial charge in [0.1, 0.15) is 6.04 Å². The lowest BCUT2D eigenvalue weighted by atomic mass is 9.99. The molecule has 3 unspecified atom stereocenters. The number of carbonyl (C=O) groups excluding carboxylic acids is 1. The number of hydrazine groups is 1. The maximum absolute atomic E-state index is 12.9. The molecule has 0 aliphatic carbocycles. The van der Waals surface area contributed by atoms with Gasteiger partial charge in [0.2, 0.25) is 5.91 Å². The standard InChI is InChI=1S/C20H29F3N4O2/c1-13(2)16-11-17(26-25-16)19(28)24-12-18(27-7-9-29-10-8-27)14-3-5-15(6-4-14)20(21,22)23/h3-6,13,16-18,25-26H,7-12H2,1-2H3,(H,24,28). The lowest BCUT2D eigenvalue weighted by Crippen LogP contribution is -2.48. The number of morpholine rings is 1. The van der Waals surface area contributed by atoms with Gasteiger partial charge in [-0.3, -0.25) is 15.1 Å². The number of hydrogen-bond acceptors (Lipinski definition) is 5. The Labute approximate surface area is 169 Å². The van der Waals surface area contributed by atoms with Crippen molar-refractivity contribution in [2.45, 2.75) is 44.6 Å². The first-order valence-corrected chi connectivity index (χ1v) is 10.0. The van der Waals surface area contributed by atoms with Gasteiger partial charge in [0.25, 0.3) is 0 Å². The zero-order chi connectivity index (χ0) is 21.0. The second kappa shape index (κ2) is 9.42. The number of alkyl halides is 3. The first-order valence-electron chi connectivity index (χ1n) is 10.0. The molecule has 0 spiro atoms. The van der Waals surface area contributed by atoms with E-state index in [2.05, 4.69) is 34.9 Å². The van der Waals surface area contributed by atoms with Crippen molar-refractivity contribution in [1.29, 1.82) is 0 Å². The zero-order valence-electron chi connectivity index (χ0n) is 16.8. The number of nitrogens with one attached hydrogen (secondary N) is 3. The third-order valence-electron chi connectivity index (χ3n) is 5.63. The van der Waals surface area contributed by atoms with Crippen LogP contribution in [0.3, 0.4) is 0 Å². The van der Waals surface area contributed by atoms with Crippen LogP contribution in [0, 0.1) is 5.92 Å². The summed E-state index contributed by atoms with van der Waals surface area (Å²) in [5.41, 5.74) is 6.25. The second-order valence-electron chi connectivity index (χ2n) is 7.96. The second-order valence-corrected chi connectivity index (χ2v) is 7.96. The summed E-state index contributed by atoms with van der Waals surface area (Å²) in [4.78, 5) is 14.8. The van der Waals surface area contributed by atoms with Gasteiger partial charge in [-0.25, -0.2) is 5.43 Å². The van der Waals surface area contributed by atoms with E-state index in [1.54, 1.807) is 0 Å². The molecule has 2 heterocycles. The minimum absolute atomic E-state index is 0.106. The van der Waals surface area contributed by atoms with Crippen LogP contribution in [-0.2, 0) is 15.7 Å². The van der Waals surface area contributed by atoms with Gasteiger partial charge in [0.15, 0.2) is 0 Å². The summed E-state index contributed by atoms with van der Waals surface area (Å²) < 4.78 is 44.1. The molecule has 1 amide bonds. The molecule has 2 saturated heterocycles. The van der Waals surface area contributed by atoms with Crippen molar-refractivity contribution >= 4 is 5.91 Å². The molecule has 0 bridgehead atoms. The van der Waals surface area contributed by atoms with Gasteiger partial charge >= 0.3 is 6.18 Å². The van der Waals surface area contributed by atoms with E-state index in [-0.39, 0.29) is 24.0 Å². The molecule has 6 nitrogen and oxygen atoms in total. The number of rotatable bonds is 6. The fraction of sp³-hybridized carbons (Fsp3) is 0.650. The highest BCUT2D eigenvalue weighted by Crippen LogP contribution is 2.31. The predicted molar refractivity (Wildman–Crippen MR) is 103 cm³/mol. The highest BCUT2D eigenvalue weighted by Gasteiger charge is 2.33. The van der Waals surface area contributed by atoms with E-state index in [4.69, 9.17) is 4.74 Å². The first kappa shape index (κ1) is 22.0. The molecular formula is C20H29F3N4O2. The lowest BCUT2D eigenvalue weighted by Gasteiger charge is -2.35. The summed E-state index contributed by atoms with van der Waals surface area (Å²) in [6.07, 6.45) is -3.67. The van der Waals surface area contributed by atoms with Crippen molar-refractivity contribution in [3.05, 3.63) is 35.4 Å². The maximum atomic E-state index is 12.9. The molecule has 9 heteroatoms. The summed E-state index contributed by atoms with van der Waals surface area (Å²) in [5, 5.41) is 2.98. The Balaban J connectivity index is 1.67. The predicted octanol–water partition coefficient (Wildman–Crippen LogP) is 2.09. The summed E-state index contributed by atoms with van der Waals surface area (Å²) in [6.45, 7) is 6.98. The molecule has 1 aromatic carbocycles. The Bertz CT molecular complexity index is 675. The highest BCUT2D eigenvalue weighted by molar-refractivity contribution is 5.82. The zero-order valence-corrected chi connectivity index (χ0v) is 16.8. The number of nitrogens with zero attached hydrogens (tertiary/aromatic N) is 1. The smallest absolute Gasteiger partial charge is 0.379 e. The van der Waals surface area contributed by atoms with E-state index < -0.39 is 11.7 Å². The van der Waals surface area contributed by atoms with E-state index in [0.29, 0.717) is 45.2 Å². The van der Waals surface area contributed by atoms with Crippen molar-refractivity contribution in [2.24, 2.45) is 5.92 Å². The fourth-order valence-electron chi connectivity index (χ4n) is 3.75.